The van der Waals surface area contributed by atoms with Crippen molar-refractivity contribution in [2.24, 2.45) is 0 Å². The summed E-state index contributed by atoms with van der Waals surface area (Å²) in [4.78, 5) is 11.8. The van der Waals surface area contributed by atoms with Crippen LogP contribution in [0.4, 0.5) is 18.9 Å². The van der Waals surface area contributed by atoms with Crippen molar-refractivity contribution in [1.82, 2.24) is 0 Å². The number of benzene rings is 2. The molecule has 5 heteroatoms. The van der Waals surface area contributed by atoms with Crippen LogP contribution in [-0.2, 0) is 6.42 Å². The van der Waals surface area contributed by atoms with E-state index in [1.54, 1.807) is 12.1 Å². The van der Waals surface area contributed by atoms with Gasteiger partial charge in [0.05, 0.1) is 0 Å². The van der Waals surface area contributed by atoms with Crippen molar-refractivity contribution in [3.05, 3.63) is 65.0 Å². The molecule has 0 bridgehead atoms. The van der Waals surface area contributed by atoms with Gasteiger partial charge in [-0.05, 0) is 36.2 Å². The fourth-order valence-electron chi connectivity index (χ4n) is 1.71. The number of aryl methyl sites for hydroxylation is 1. The van der Waals surface area contributed by atoms with Crippen molar-refractivity contribution in [2.75, 3.05) is 5.32 Å². The third kappa shape index (κ3) is 2.99. The maximum Gasteiger partial charge on any atom is 0.255 e. The summed E-state index contributed by atoms with van der Waals surface area (Å²) in [5.74, 6) is -5.08. The summed E-state index contributed by atoms with van der Waals surface area (Å²) in [6.07, 6.45) is 0.864. The summed E-state index contributed by atoms with van der Waals surface area (Å²) < 4.78 is 38.9. The van der Waals surface area contributed by atoms with Crippen molar-refractivity contribution in [1.29, 1.82) is 0 Å². The van der Waals surface area contributed by atoms with Gasteiger partial charge >= 0.3 is 0 Å². The predicted molar refractivity (Wildman–Crippen MR) is 70.1 cm³/mol. The zero-order valence-corrected chi connectivity index (χ0v) is 10.7. The van der Waals surface area contributed by atoms with Crippen molar-refractivity contribution in [3.63, 3.8) is 0 Å². The van der Waals surface area contributed by atoms with Gasteiger partial charge in [-0.15, -0.1) is 0 Å². The number of carbonyl (C=O) groups excluding carboxylic acids is 1. The lowest BCUT2D eigenvalue weighted by molar-refractivity contribution is 0.102. The average Bonchev–Trinajstić information content (AvgIpc) is 2.45. The zero-order valence-electron chi connectivity index (χ0n) is 10.7. The Bertz CT molecular complexity index is 615. The minimum absolute atomic E-state index is 0.277. The highest BCUT2D eigenvalue weighted by atomic mass is 19.2. The molecule has 2 rings (SSSR count). The third-order valence-electron chi connectivity index (χ3n) is 2.87. The van der Waals surface area contributed by atoms with E-state index in [4.69, 9.17) is 0 Å². The van der Waals surface area contributed by atoms with E-state index in [1.807, 2.05) is 19.1 Å². The SMILES string of the molecule is CCc1ccc(NC(=O)c2cc(F)c(F)c(F)c2)cc1. The van der Waals surface area contributed by atoms with Gasteiger partial charge in [0.2, 0.25) is 0 Å². The van der Waals surface area contributed by atoms with Crippen LogP contribution in [0.15, 0.2) is 36.4 Å². The summed E-state index contributed by atoms with van der Waals surface area (Å²) in [6.45, 7) is 2.00. The van der Waals surface area contributed by atoms with Gasteiger partial charge in [0.25, 0.3) is 5.91 Å². The Morgan fingerprint density at radius 1 is 1.05 bits per heavy atom. The molecule has 0 heterocycles. The summed E-state index contributed by atoms with van der Waals surface area (Å²) in [7, 11) is 0. The standard InChI is InChI=1S/C15H12F3NO/c1-2-9-3-5-11(6-4-9)19-15(20)10-7-12(16)14(18)13(17)8-10/h3-8H,2H2,1H3,(H,19,20). The molecule has 0 aliphatic rings. The van der Waals surface area contributed by atoms with Gasteiger partial charge in [0.1, 0.15) is 0 Å². The number of halogens is 3. The quantitative estimate of drug-likeness (QED) is 0.848. The van der Waals surface area contributed by atoms with E-state index in [9.17, 15) is 18.0 Å². The maximum absolute atomic E-state index is 13.0. The van der Waals surface area contributed by atoms with E-state index in [1.165, 1.54) is 0 Å². The Hall–Kier alpha value is -2.30. The summed E-state index contributed by atoms with van der Waals surface area (Å²) in [5, 5.41) is 2.49. The van der Waals surface area contributed by atoms with Gasteiger partial charge in [-0.25, -0.2) is 13.2 Å². The molecule has 0 aromatic heterocycles. The number of anilines is 1. The average molecular weight is 279 g/mol. The second-order valence-corrected chi connectivity index (χ2v) is 4.26. The second-order valence-electron chi connectivity index (χ2n) is 4.26. The lowest BCUT2D eigenvalue weighted by Crippen LogP contribution is -2.13. The normalized spacial score (nSPS) is 10.4. The molecule has 2 aromatic rings. The molecule has 0 aliphatic carbocycles. The Morgan fingerprint density at radius 2 is 1.60 bits per heavy atom. The number of carbonyl (C=O) groups is 1. The molecule has 104 valence electrons. The van der Waals surface area contributed by atoms with E-state index < -0.39 is 23.4 Å². The molecule has 0 saturated carbocycles. The lowest BCUT2D eigenvalue weighted by atomic mass is 10.1. The van der Waals surface area contributed by atoms with Crippen LogP contribution < -0.4 is 5.32 Å². The molecule has 1 amide bonds. The number of amides is 1. The van der Waals surface area contributed by atoms with Crippen LogP contribution in [0.2, 0.25) is 0 Å². The van der Waals surface area contributed by atoms with Gasteiger partial charge in [-0.1, -0.05) is 19.1 Å². The molecular weight excluding hydrogens is 267 g/mol. The second kappa shape index (κ2) is 5.77. The first-order valence-corrected chi connectivity index (χ1v) is 6.06. The molecule has 2 aromatic carbocycles. The molecule has 2 nitrogen and oxygen atoms in total. The first-order valence-electron chi connectivity index (χ1n) is 6.06. The van der Waals surface area contributed by atoms with E-state index in [0.717, 1.165) is 12.0 Å². The fourth-order valence-corrected chi connectivity index (χ4v) is 1.71. The van der Waals surface area contributed by atoms with Crippen LogP contribution in [0.5, 0.6) is 0 Å². The highest BCUT2D eigenvalue weighted by Gasteiger charge is 2.15. The third-order valence-corrected chi connectivity index (χ3v) is 2.87. The minimum Gasteiger partial charge on any atom is -0.322 e. The van der Waals surface area contributed by atoms with Gasteiger partial charge in [0.15, 0.2) is 17.5 Å². The van der Waals surface area contributed by atoms with Gasteiger partial charge < -0.3 is 5.32 Å². The molecule has 0 spiro atoms. The molecular formula is C15H12F3NO. The van der Waals surface area contributed by atoms with Crippen LogP contribution in [-0.4, -0.2) is 5.91 Å². The van der Waals surface area contributed by atoms with E-state index in [2.05, 4.69) is 5.32 Å². The van der Waals surface area contributed by atoms with Crippen molar-refractivity contribution < 1.29 is 18.0 Å². The monoisotopic (exact) mass is 279 g/mol. The van der Waals surface area contributed by atoms with Gasteiger partial charge in [-0.3, -0.25) is 4.79 Å². The van der Waals surface area contributed by atoms with Gasteiger partial charge in [-0.2, -0.15) is 0 Å². The zero-order chi connectivity index (χ0) is 14.7. The molecule has 0 unspecified atom stereocenters. The van der Waals surface area contributed by atoms with E-state index in [-0.39, 0.29) is 5.56 Å². The Kier molecular flexibility index (Phi) is 4.08. The first-order chi connectivity index (χ1) is 9.51. The minimum atomic E-state index is -1.59. The first kappa shape index (κ1) is 14.1. The smallest absolute Gasteiger partial charge is 0.255 e. The lowest BCUT2D eigenvalue weighted by Gasteiger charge is -2.07. The Balaban J connectivity index is 2.19. The predicted octanol–water partition coefficient (Wildman–Crippen LogP) is 3.92. The Labute approximate surface area is 114 Å². The molecule has 0 aliphatic heterocycles. The number of hydrogen-bond acceptors (Lipinski definition) is 1. The van der Waals surface area contributed by atoms with Crippen LogP contribution in [0.1, 0.15) is 22.8 Å². The molecule has 1 N–H and O–H groups in total. The van der Waals surface area contributed by atoms with E-state index in [0.29, 0.717) is 17.8 Å². The summed E-state index contributed by atoms with van der Waals surface area (Å²) in [6, 6.07) is 8.37. The number of hydrogen-bond donors (Lipinski definition) is 1. The Morgan fingerprint density at radius 3 is 2.10 bits per heavy atom. The van der Waals surface area contributed by atoms with Crippen molar-refractivity contribution >= 4 is 11.6 Å². The molecule has 0 radical (unpaired) electrons. The maximum atomic E-state index is 13.0. The number of rotatable bonds is 3. The van der Waals surface area contributed by atoms with E-state index >= 15 is 0 Å². The van der Waals surface area contributed by atoms with Crippen molar-refractivity contribution in [3.8, 4) is 0 Å². The molecule has 0 atom stereocenters. The van der Waals surface area contributed by atoms with Crippen LogP contribution in [0, 0.1) is 17.5 Å². The topological polar surface area (TPSA) is 29.1 Å². The summed E-state index contributed by atoms with van der Waals surface area (Å²) >= 11 is 0. The van der Waals surface area contributed by atoms with Gasteiger partial charge in [0, 0.05) is 11.3 Å². The van der Waals surface area contributed by atoms with Crippen molar-refractivity contribution in [2.45, 2.75) is 13.3 Å². The number of nitrogens with one attached hydrogen (secondary N) is 1. The fraction of sp³-hybridized carbons (Fsp3) is 0.133. The van der Waals surface area contributed by atoms with Crippen LogP contribution >= 0.6 is 0 Å². The summed E-state index contributed by atoms with van der Waals surface area (Å²) in [5.41, 5.74) is 1.32. The van der Waals surface area contributed by atoms with Crippen LogP contribution in [0.25, 0.3) is 0 Å². The largest absolute Gasteiger partial charge is 0.322 e. The molecule has 20 heavy (non-hydrogen) atoms. The molecule has 0 fully saturated rings. The molecule has 0 saturated heterocycles. The highest BCUT2D eigenvalue weighted by Crippen LogP contribution is 2.16. The highest BCUT2D eigenvalue weighted by molar-refractivity contribution is 6.04. The van der Waals surface area contributed by atoms with Crippen LogP contribution in [0.3, 0.4) is 0 Å².